The average molecular weight is 463 g/mol. The Morgan fingerprint density at radius 2 is 1.97 bits per heavy atom. The van der Waals surface area contributed by atoms with Gasteiger partial charge in [-0.05, 0) is 43.6 Å². The van der Waals surface area contributed by atoms with Crippen molar-refractivity contribution in [3.8, 4) is 0 Å². The summed E-state index contributed by atoms with van der Waals surface area (Å²) in [6.45, 7) is 4.88. The summed E-state index contributed by atoms with van der Waals surface area (Å²) in [5, 5.41) is 32.4. The molecule has 3 saturated carbocycles. The second-order valence-corrected chi connectivity index (χ2v) is 11.1. The number of ether oxygens (including phenoxy) is 2. The normalized spacial score (nSPS) is 50.8. The van der Waals surface area contributed by atoms with Crippen LogP contribution in [0.15, 0.2) is 11.6 Å². The first kappa shape index (κ1) is 23.3. The predicted molar refractivity (Wildman–Crippen MR) is 115 cm³/mol. The second kappa shape index (κ2) is 7.52. The summed E-state index contributed by atoms with van der Waals surface area (Å²) in [5.74, 6) is -2.27. The van der Waals surface area contributed by atoms with Crippen molar-refractivity contribution in [2.24, 2.45) is 28.6 Å². The van der Waals surface area contributed by atoms with Crippen LogP contribution in [0.1, 0.15) is 59.3 Å². The van der Waals surface area contributed by atoms with E-state index in [1.54, 1.807) is 6.08 Å². The topological polar surface area (TPSA) is 130 Å². The standard InChI is InChI=1S/C25H34O8/c1-4-5-18-32-22-21(31)20-14-7-6-12-8-13(27)9-16(29)24(12,3)19(14)15(28)10-23(20,2)25(22,33-18)17(30)11-26/h8,14-16,18-20,22,26,28-29H,4-7,9-11H2,1-3H3/t14-,15+,16?,18?,19-,20-,22-,23+,24-,25-/m1/s1. The number of carbonyl (C=O) groups is 3. The fraction of sp³-hybridized carbons (Fsp3) is 0.800. The minimum Gasteiger partial charge on any atom is -0.393 e. The monoisotopic (exact) mass is 462 g/mol. The lowest BCUT2D eigenvalue weighted by atomic mass is 9.44. The van der Waals surface area contributed by atoms with E-state index in [0.717, 1.165) is 12.0 Å². The molecular formula is C25H34O8. The Bertz CT molecular complexity index is 927. The molecule has 4 fully saturated rings. The van der Waals surface area contributed by atoms with Crippen molar-refractivity contribution in [1.29, 1.82) is 0 Å². The van der Waals surface area contributed by atoms with Crippen LogP contribution in [0.4, 0.5) is 0 Å². The van der Waals surface area contributed by atoms with E-state index in [2.05, 4.69) is 0 Å². The molecule has 0 radical (unpaired) electrons. The van der Waals surface area contributed by atoms with Crippen molar-refractivity contribution in [3.05, 3.63) is 11.6 Å². The molecule has 0 aromatic heterocycles. The Balaban J connectivity index is 1.61. The van der Waals surface area contributed by atoms with E-state index in [1.165, 1.54) is 0 Å². The number of aliphatic hydroxyl groups excluding tert-OH is 3. The van der Waals surface area contributed by atoms with Crippen molar-refractivity contribution in [3.63, 3.8) is 0 Å². The Morgan fingerprint density at radius 1 is 1.24 bits per heavy atom. The lowest BCUT2D eigenvalue weighted by molar-refractivity contribution is -0.208. The van der Waals surface area contributed by atoms with Gasteiger partial charge in [-0.25, -0.2) is 0 Å². The van der Waals surface area contributed by atoms with Crippen LogP contribution in [-0.4, -0.2) is 69.5 Å². The summed E-state index contributed by atoms with van der Waals surface area (Å²) in [4.78, 5) is 39.3. The van der Waals surface area contributed by atoms with Gasteiger partial charge in [0.05, 0.1) is 12.2 Å². The lowest BCUT2D eigenvalue weighted by Crippen LogP contribution is -2.65. The highest BCUT2D eigenvalue weighted by Gasteiger charge is 2.79. The second-order valence-electron chi connectivity index (χ2n) is 11.1. The van der Waals surface area contributed by atoms with E-state index in [-0.39, 0.29) is 30.3 Å². The Kier molecular flexibility index (Phi) is 5.31. The fourth-order valence-electron chi connectivity index (χ4n) is 8.30. The van der Waals surface area contributed by atoms with E-state index < -0.39 is 65.3 Å². The first-order chi connectivity index (χ1) is 15.6. The molecule has 1 heterocycles. The van der Waals surface area contributed by atoms with Crippen molar-refractivity contribution in [2.45, 2.75) is 89.5 Å². The Labute approximate surface area is 193 Å². The van der Waals surface area contributed by atoms with Crippen LogP contribution in [0.25, 0.3) is 0 Å². The van der Waals surface area contributed by atoms with Gasteiger partial charge in [0.15, 0.2) is 35.3 Å². The van der Waals surface area contributed by atoms with Crippen molar-refractivity contribution >= 4 is 17.3 Å². The van der Waals surface area contributed by atoms with E-state index in [4.69, 9.17) is 9.47 Å². The molecule has 1 aliphatic heterocycles. The van der Waals surface area contributed by atoms with Crippen LogP contribution < -0.4 is 0 Å². The number of hydrogen-bond donors (Lipinski definition) is 3. The first-order valence-corrected chi connectivity index (χ1v) is 12.2. The molecule has 8 nitrogen and oxygen atoms in total. The van der Waals surface area contributed by atoms with Crippen LogP contribution >= 0.6 is 0 Å². The molecule has 4 aliphatic carbocycles. The third kappa shape index (κ3) is 2.73. The van der Waals surface area contributed by atoms with Gasteiger partial charge >= 0.3 is 0 Å². The third-order valence-electron chi connectivity index (χ3n) is 9.65. The van der Waals surface area contributed by atoms with Gasteiger partial charge in [-0.1, -0.05) is 32.8 Å². The molecule has 0 aromatic rings. The van der Waals surface area contributed by atoms with Gasteiger partial charge in [0.2, 0.25) is 0 Å². The van der Waals surface area contributed by atoms with Gasteiger partial charge in [-0.3, -0.25) is 14.4 Å². The van der Waals surface area contributed by atoms with Crippen molar-refractivity contribution in [2.75, 3.05) is 6.61 Å². The van der Waals surface area contributed by atoms with Crippen LogP contribution in [0.3, 0.4) is 0 Å². The molecule has 0 bridgehead atoms. The summed E-state index contributed by atoms with van der Waals surface area (Å²) >= 11 is 0. The highest BCUT2D eigenvalue weighted by molar-refractivity contribution is 6.04. The molecule has 5 aliphatic rings. The zero-order chi connectivity index (χ0) is 23.9. The molecule has 33 heavy (non-hydrogen) atoms. The molecule has 5 rings (SSSR count). The summed E-state index contributed by atoms with van der Waals surface area (Å²) in [7, 11) is 0. The molecule has 2 unspecified atom stereocenters. The summed E-state index contributed by atoms with van der Waals surface area (Å²) in [5.41, 5.74) is -2.67. The van der Waals surface area contributed by atoms with Crippen LogP contribution in [0.5, 0.6) is 0 Å². The quantitative estimate of drug-likeness (QED) is 0.566. The number of hydrogen-bond acceptors (Lipinski definition) is 8. The zero-order valence-electron chi connectivity index (χ0n) is 19.5. The van der Waals surface area contributed by atoms with Gasteiger partial charge < -0.3 is 24.8 Å². The highest BCUT2D eigenvalue weighted by Crippen LogP contribution is 2.69. The maximum atomic E-state index is 13.9. The zero-order valence-corrected chi connectivity index (χ0v) is 19.5. The SMILES string of the molecule is CCCC1O[C@@H]2C(=O)[C@H]3[C@@H]4CCC5=CC(=O)CC(O)[C@]5(C)[C@H]4[C@@H](O)C[C@]3(C)[C@]2(C(=O)CO)O1. The number of fused-ring (bicyclic) bond motifs is 7. The Hall–Kier alpha value is -1.45. The van der Waals surface area contributed by atoms with Gasteiger partial charge in [0, 0.05) is 23.2 Å². The smallest absolute Gasteiger partial charge is 0.193 e. The van der Waals surface area contributed by atoms with Gasteiger partial charge in [-0.2, -0.15) is 0 Å². The van der Waals surface area contributed by atoms with Gasteiger partial charge in [0.25, 0.3) is 0 Å². The molecule has 182 valence electrons. The maximum Gasteiger partial charge on any atom is 0.193 e. The number of carbonyl (C=O) groups excluding carboxylic acids is 3. The summed E-state index contributed by atoms with van der Waals surface area (Å²) in [6, 6.07) is 0. The molecule has 3 N–H and O–H groups in total. The predicted octanol–water partition coefficient (Wildman–Crippen LogP) is 1.09. The Morgan fingerprint density at radius 3 is 2.64 bits per heavy atom. The van der Waals surface area contributed by atoms with E-state index in [0.29, 0.717) is 19.3 Å². The van der Waals surface area contributed by atoms with Crippen molar-refractivity contribution in [1.82, 2.24) is 0 Å². The molecular weight excluding hydrogens is 428 g/mol. The van der Waals surface area contributed by atoms with E-state index in [9.17, 15) is 29.7 Å². The summed E-state index contributed by atoms with van der Waals surface area (Å²) < 4.78 is 12.2. The third-order valence-corrected chi connectivity index (χ3v) is 9.65. The van der Waals surface area contributed by atoms with Crippen molar-refractivity contribution < 1.29 is 39.2 Å². The molecule has 0 spiro atoms. The maximum absolute atomic E-state index is 13.9. The van der Waals surface area contributed by atoms with E-state index in [1.807, 2.05) is 20.8 Å². The van der Waals surface area contributed by atoms with Crippen LogP contribution in [-0.2, 0) is 23.9 Å². The molecule has 0 aromatic carbocycles. The molecule has 10 atom stereocenters. The molecule has 8 heteroatoms. The van der Waals surface area contributed by atoms with Gasteiger partial charge in [0.1, 0.15) is 6.61 Å². The van der Waals surface area contributed by atoms with Gasteiger partial charge in [-0.15, -0.1) is 0 Å². The lowest BCUT2D eigenvalue weighted by Gasteiger charge is -2.60. The van der Waals surface area contributed by atoms with E-state index >= 15 is 0 Å². The molecule has 1 saturated heterocycles. The first-order valence-electron chi connectivity index (χ1n) is 12.2. The van der Waals surface area contributed by atoms with Crippen LogP contribution in [0.2, 0.25) is 0 Å². The average Bonchev–Trinajstić information content (AvgIpc) is 3.22. The summed E-state index contributed by atoms with van der Waals surface area (Å²) in [6.07, 6.45) is 0.381. The number of aliphatic hydroxyl groups is 3. The number of ketones is 3. The largest absolute Gasteiger partial charge is 0.393 e. The molecule has 0 amide bonds. The van der Waals surface area contributed by atoms with Crippen LogP contribution in [0, 0.1) is 28.6 Å². The minimum absolute atomic E-state index is 0.00764. The number of rotatable bonds is 4. The minimum atomic E-state index is -1.63. The fourth-order valence-corrected chi connectivity index (χ4v) is 8.30. The number of Topliss-reactive ketones (excluding diaryl/α,β-unsaturated/α-hetero) is 2. The highest BCUT2D eigenvalue weighted by atomic mass is 16.7.